The molecule has 0 bridgehead atoms. The molecule has 0 aliphatic carbocycles. The van der Waals surface area contributed by atoms with Crippen LogP contribution in [0.5, 0.6) is 0 Å². The zero-order valence-corrected chi connectivity index (χ0v) is 8.44. The highest BCUT2D eigenvalue weighted by atomic mass is 16.6. The fourth-order valence-electron chi connectivity index (χ4n) is 0.976. The van der Waals surface area contributed by atoms with E-state index >= 15 is 0 Å². The second kappa shape index (κ2) is 6.16. The third-order valence-corrected chi connectivity index (χ3v) is 1.80. The van der Waals surface area contributed by atoms with E-state index in [1.165, 1.54) is 5.56 Å². The van der Waals surface area contributed by atoms with E-state index in [-0.39, 0.29) is 0 Å². The summed E-state index contributed by atoms with van der Waals surface area (Å²) in [6.45, 7) is 3.18. The summed E-state index contributed by atoms with van der Waals surface area (Å²) in [5.41, 5.74) is 7.67. The van der Waals surface area contributed by atoms with Crippen LogP contribution in [0, 0.1) is 6.92 Å². The van der Waals surface area contributed by atoms with Gasteiger partial charge in [0.05, 0.1) is 0 Å². The van der Waals surface area contributed by atoms with E-state index in [0.29, 0.717) is 13.2 Å². The summed E-state index contributed by atoms with van der Waals surface area (Å²) in [6.07, 6.45) is 2.45. The van der Waals surface area contributed by atoms with Crippen molar-refractivity contribution in [1.29, 1.82) is 0 Å². The molecule has 0 spiro atoms. The number of benzene rings is 1. The van der Waals surface area contributed by atoms with Gasteiger partial charge in [-0.05, 0) is 25.5 Å². The highest BCUT2D eigenvalue weighted by Gasteiger charge is 1.90. The maximum Gasteiger partial charge on any atom is 0.142 e. The number of hydrogen-bond donors (Lipinski definition) is 1. The molecule has 14 heavy (non-hydrogen) atoms. The van der Waals surface area contributed by atoms with Crippen LogP contribution in [-0.2, 0) is 11.4 Å². The Hall–Kier alpha value is -1.35. The Morgan fingerprint density at radius 2 is 2.07 bits per heavy atom. The van der Waals surface area contributed by atoms with Crippen LogP contribution in [0.1, 0.15) is 17.5 Å². The highest BCUT2D eigenvalue weighted by molar-refractivity contribution is 5.56. The predicted octanol–water partition coefficient (Wildman–Crippen LogP) is 1.85. The molecule has 1 aromatic rings. The summed E-state index contributed by atoms with van der Waals surface area (Å²) in [6, 6.07) is 8.19. The van der Waals surface area contributed by atoms with Crippen LogP contribution >= 0.6 is 0 Å². The second-order valence-electron chi connectivity index (χ2n) is 3.12. The van der Waals surface area contributed by atoms with Crippen molar-refractivity contribution in [3.63, 3.8) is 0 Å². The number of oxime groups is 1. The lowest BCUT2D eigenvalue weighted by Crippen LogP contribution is -1.98. The Kier molecular flexibility index (Phi) is 4.72. The van der Waals surface area contributed by atoms with Crippen LogP contribution in [0.3, 0.4) is 0 Å². The summed E-state index contributed by atoms with van der Waals surface area (Å²) in [4.78, 5) is 5.08. The summed E-state index contributed by atoms with van der Waals surface area (Å²) >= 11 is 0. The second-order valence-corrected chi connectivity index (χ2v) is 3.12. The van der Waals surface area contributed by atoms with E-state index in [4.69, 9.17) is 10.6 Å². The molecule has 0 heterocycles. The number of hydrogen-bond acceptors (Lipinski definition) is 3. The van der Waals surface area contributed by atoms with Crippen LogP contribution in [-0.4, -0.2) is 12.8 Å². The standard InChI is InChI=1S/C11H16N2O/c1-10-3-5-11(6-4-10)9-14-13-8-2-7-12/h3-6,8H,2,7,9,12H2,1H3. The maximum atomic E-state index is 5.29. The molecule has 0 unspecified atom stereocenters. The van der Waals surface area contributed by atoms with Gasteiger partial charge in [0.2, 0.25) is 0 Å². The van der Waals surface area contributed by atoms with Crippen LogP contribution in [0.2, 0.25) is 0 Å². The molecule has 1 aromatic carbocycles. The fourth-order valence-corrected chi connectivity index (χ4v) is 0.976. The Bertz CT molecular complexity index is 280. The maximum absolute atomic E-state index is 5.29. The van der Waals surface area contributed by atoms with Gasteiger partial charge in [0.1, 0.15) is 6.61 Å². The molecule has 0 saturated carbocycles. The molecule has 1 rings (SSSR count). The van der Waals surface area contributed by atoms with Crippen molar-refractivity contribution in [3.8, 4) is 0 Å². The highest BCUT2D eigenvalue weighted by Crippen LogP contribution is 2.04. The molecule has 0 radical (unpaired) electrons. The molecule has 0 saturated heterocycles. The number of aryl methyl sites for hydroxylation is 1. The molecule has 3 heteroatoms. The van der Waals surface area contributed by atoms with Crippen LogP contribution < -0.4 is 5.73 Å². The lowest BCUT2D eigenvalue weighted by Gasteiger charge is -1.99. The third kappa shape index (κ3) is 4.05. The predicted molar refractivity (Wildman–Crippen MR) is 58.1 cm³/mol. The monoisotopic (exact) mass is 192 g/mol. The quantitative estimate of drug-likeness (QED) is 0.571. The van der Waals surface area contributed by atoms with Crippen molar-refractivity contribution < 1.29 is 4.84 Å². The first-order valence-corrected chi connectivity index (χ1v) is 4.72. The molecule has 0 amide bonds. The number of nitrogens with two attached hydrogens (primary N) is 1. The Balaban J connectivity index is 2.28. The first kappa shape index (κ1) is 10.7. The zero-order chi connectivity index (χ0) is 10.2. The summed E-state index contributed by atoms with van der Waals surface area (Å²) in [5, 5.41) is 3.77. The van der Waals surface area contributed by atoms with Crippen molar-refractivity contribution in [2.45, 2.75) is 20.0 Å². The van der Waals surface area contributed by atoms with Crippen molar-refractivity contribution in [2.75, 3.05) is 6.54 Å². The van der Waals surface area contributed by atoms with Gasteiger partial charge in [-0.15, -0.1) is 0 Å². The summed E-state index contributed by atoms with van der Waals surface area (Å²) in [5.74, 6) is 0. The molecule has 76 valence electrons. The molecule has 0 aromatic heterocycles. The molecule has 3 nitrogen and oxygen atoms in total. The van der Waals surface area contributed by atoms with Crippen molar-refractivity contribution >= 4 is 6.21 Å². The molecule has 0 fully saturated rings. The van der Waals surface area contributed by atoms with E-state index in [2.05, 4.69) is 24.2 Å². The Labute approximate surface area is 84.6 Å². The Morgan fingerprint density at radius 3 is 2.71 bits per heavy atom. The van der Waals surface area contributed by atoms with Crippen LogP contribution in [0.25, 0.3) is 0 Å². The van der Waals surface area contributed by atoms with Crippen molar-refractivity contribution in [3.05, 3.63) is 35.4 Å². The molecule has 0 aliphatic rings. The van der Waals surface area contributed by atoms with Gasteiger partial charge in [0.15, 0.2) is 0 Å². The number of nitrogens with zero attached hydrogens (tertiary/aromatic N) is 1. The van der Waals surface area contributed by atoms with E-state index in [1.807, 2.05) is 12.1 Å². The fraction of sp³-hybridized carbons (Fsp3) is 0.364. The largest absolute Gasteiger partial charge is 0.391 e. The average Bonchev–Trinajstić information content (AvgIpc) is 2.21. The first-order chi connectivity index (χ1) is 6.83. The van der Waals surface area contributed by atoms with Gasteiger partial charge in [0, 0.05) is 6.21 Å². The van der Waals surface area contributed by atoms with E-state index < -0.39 is 0 Å². The third-order valence-electron chi connectivity index (χ3n) is 1.80. The summed E-state index contributed by atoms with van der Waals surface area (Å²) < 4.78 is 0. The topological polar surface area (TPSA) is 47.6 Å². The van der Waals surface area contributed by atoms with Crippen LogP contribution in [0.4, 0.5) is 0 Å². The van der Waals surface area contributed by atoms with E-state index in [1.54, 1.807) is 6.21 Å². The Morgan fingerprint density at radius 1 is 1.36 bits per heavy atom. The summed E-state index contributed by atoms with van der Waals surface area (Å²) in [7, 11) is 0. The molecule has 0 aliphatic heterocycles. The lowest BCUT2D eigenvalue weighted by molar-refractivity contribution is 0.131. The van der Waals surface area contributed by atoms with Gasteiger partial charge in [-0.25, -0.2) is 0 Å². The lowest BCUT2D eigenvalue weighted by atomic mass is 10.2. The van der Waals surface area contributed by atoms with Crippen molar-refractivity contribution in [1.82, 2.24) is 0 Å². The normalized spacial score (nSPS) is 10.7. The zero-order valence-electron chi connectivity index (χ0n) is 8.44. The van der Waals surface area contributed by atoms with Gasteiger partial charge in [-0.3, -0.25) is 0 Å². The van der Waals surface area contributed by atoms with Crippen LogP contribution in [0.15, 0.2) is 29.4 Å². The van der Waals surface area contributed by atoms with Gasteiger partial charge < -0.3 is 10.6 Å². The first-order valence-electron chi connectivity index (χ1n) is 4.72. The minimum atomic E-state index is 0.515. The molecular formula is C11H16N2O. The SMILES string of the molecule is Cc1ccc(CON=CCCN)cc1. The smallest absolute Gasteiger partial charge is 0.142 e. The molecule has 2 N–H and O–H groups in total. The van der Waals surface area contributed by atoms with Gasteiger partial charge in [-0.2, -0.15) is 0 Å². The average molecular weight is 192 g/mol. The minimum absolute atomic E-state index is 0.515. The van der Waals surface area contributed by atoms with Crippen molar-refractivity contribution in [2.24, 2.45) is 10.9 Å². The number of rotatable bonds is 5. The van der Waals surface area contributed by atoms with Gasteiger partial charge in [0.25, 0.3) is 0 Å². The van der Waals surface area contributed by atoms with E-state index in [9.17, 15) is 0 Å². The van der Waals surface area contributed by atoms with E-state index in [0.717, 1.165) is 12.0 Å². The van der Waals surface area contributed by atoms with Gasteiger partial charge in [-0.1, -0.05) is 35.0 Å². The molecule has 0 atom stereocenters. The van der Waals surface area contributed by atoms with Gasteiger partial charge >= 0.3 is 0 Å². The molecular weight excluding hydrogens is 176 g/mol. The minimum Gasteiger partial charge on any atom is -0.391 e.